The zero-order valence-electron chi connectivity index (χ0n) is 11.5. The molecule has 21 heavy (non-hydrogen) atoms. The molecule has 0 radical (unpaired) electrons. The van der Waals surface area contributed by atoms with Crippen LogP contribution in [0.1, 0.15) is 6.92 Å². The van der Waals surface area contributed by atoms with Gasteiger partial charge in [-0.25, -0.2) is 4.39 Å². The highest BCUT2D eigenvalue weighted by atomic mass is 19.1. The third-order valence-corrected chi connectivity index (χ3v) is 3.17. The number of nitro groups is 1. The average Bonchev–Trinajstić information content (AvgIpc) is 2.46. The Hall–Kier alpha value is -2.22. The van der Waals surface area contributed by atoms with Crippen LogP contribution < -0.4 is 5.32 Å². The highest BCUT2D eigenvalue weighted by Crippen LogP contribution is 2.21. The molecule has 0 bridgehead atoms. The molecule has 1 fully saturated rings. The van der Waals surface area contributed by atoms with Crippen molar-refractivity contribution in [2.45, 2.75) is 13.0 Å². The van der Waals surface area contributed by atoms with E-state index in [4.69, 9.17) is 4.74 Å². The van der Waals surface area contributed by atoms with E-state index in [2.05, 4.69) is 5.32 Å². The number of non-ortho nitro benzene ring substituents is 1. The maximum absolute atomic E-state index is 13.3. The third-order valence-electron chi connectivity index (χ3n) is 3.17. The molecule has 114 valence electrons. The van der Waals surface area contributed by atoms with Gasteiger partial charge < -0.3 is 15.0 Å². The minimum absolute atomic E-state index is 0.148. The number of benzene rings is 1. The van der Waals surface area contributed by atoms with Gasteiger partial charge in [-0.15, -0.1) is 0 Å². The second-order valence-corrected chi connectivity index (χ2v) is 4.76. The molecule has 1 heterocycles. The summed E-state index contributed by atoms with van der Waals surface area (Å²) >= 11 is 0. The molecule has 1 aliphatic rings. The summed E-state index contributed by atoms with van der Waals surface area (Å²) in [5.74, 6) is -0.872. The molecular formula is C13H16FN3O4. The molecular weight excluding hydrogens is 281 g/mol. The lowest BCUT2D eigenvalue weighted by Gasteiger charge is -2.29. The quantitative estimate of drug-likeness (QED) is 0.670. The number of anilines is 1. The molecule has 1 atom stereocenters. The molecule has 8 heteroatoms. The van der Waals surface area contributed by atoms with Gasteiger partial charge in [0.05, 0.1) is 24.2 Å². The average molecular weight is 297 g/mol. The van der Waals surface area contributed by atoms with Crippen molar-refractivity contribution in [3.05, 3.63) is 34.1 Å². The second-order valence-electron chi connectivity index (χ2n) is 4.76. The third kappa shape index (κ3) is 3.88. The van der Waals surface area contributed by atoms with Crippen LogP contribution in [-0.2, 0) is 9.53 Å². The normalized spacial score (nSPS) is 16.4. The highest BCUT2D eigenvalue weighted by Gasteiger charge is 2.23. The summed E-state index contributed by atoms with van der Waals surface area (Å²) in [5.41, 5.74) is -0.153. The summed E-state index contributed by atoms with van der Waals surface area (Å²) in [4.78, 5) is 23.9. The molecule has 0 spiro atoms. The maximum Gasteiger partial charge on any atom is 0.274 e. The van der Waals surface area contributed by atoms with Crippen LogP contribution in [0.25, 0.3) is 0 Å². The number of nitro benzene ring substituents is 1. The fourth-order valence-corrected chi connectivity index (χ4v) is 2.13. The van der Waals surface area contributed by atoms with Crippen LogP contribution >= 0.6 is 0 Å². The van der Waals surface area contributed by atoms with E-state index in [1.165, 1.54) is 6.07 Å². The summed E-state index contributed by atoms with van der Waals surface area (Å²) in [6.07, 6.45) is 0. The van der Waals surface area contributed by atoms with Crippen molar-refractivity contribution in [3.8, 4) is 0 Å². The van der Waals surface area contributed by atoms with E-state index in [0.29, 0.717) is 26.3 Å². The Labute approximate surface area is 120 Å². The van der Waals surface area contributed by atoms with Gasteiger partial charge in [0.15, 0.2) is 0 Å². The van der Waals surface area contributed by atoms with E-state index in [1.807, 2.05) is 0 Å². The lowest BCUT2D eigenvalue weighted by atomic mass is 10.2. The van der Waals surface area contributed by atoms with Gasteiger partial charge in [0.2, 0.25) is 5.91 Å². The van der Waals surface area contributed by atoms with E-state index >= 15 is 0 Å². The molecule has 1 aliphatic heterocycles. The molecule has 0 aliphatic carbocycles. The number of hydrogen-bond donors (Lipinski definition) is 1. The summed E-state index contributed by atoms with van der Waals surface area (Å²) in [6, 6.07) is 2.55. The molecule has 1 amide bonds. The highest BCUT2D eigenvalue weighted by molar-refractivity contribution is 5.84. The number of hydrogen-bond acceptors (Lipinski definition) is 5. The first-order valence-electron chi connectivity index (χ1n) is 6.55. The molecule has 1 aromatic rings. The van der Waals surface area contributed by atoms with Gasteiger partial charge in [0.1, 0.15) is 11.9 Å². The van der Waals surface area contributed by atoms with E-state index in [-0.39, 0.29) is 17.3 Å². The van der Waals surface area contributed by atoms with Gasteiger partial charge in [-0.05, 0) is 13.0 Å². The smallest absolute Gasteiger partial charge is 0.274 e. The number of amides is 1. The molecule has 1 aromatic carbocycles. The van der Waals surface area contributed by atoms with Crippen LogP contribution in [0.3, 0.4) is 0 Å². The topological polar surface area (TPSA) is 84.7 Å². The lowest BCUT2D eigenvalue weighted by molar-refractivity contribution is -0.385. The number of morpholine rings is 1. The molecule has 1 N–H and O–H groups in total. The second kappa shape index (κ2) is 6.49. The Kier molecular flexibility index (Phi) is 4.69. The summed E-state index contributed by atoms with van der Waals surface area (Å²) < 4.78 is 18.5. The maximum atomic E-state index is 13.3. The molecule has 1 unspecified atom stereocenters. The number of carbonyl (C=O) groups excluding carboxylic acids is 1. The first-order valence-corrected chi connectivity index (χ1v) is 6.55. The van der Waals surface area contributed by atoms with Crippen molar-refractivity contribution in [3.63, 3.8) is 0 Å². The van der Waals surface area contributed by atoms with Gasteiger partial charge in [0, 0.05) is 24.8 Å². The number of halogens is 1. The zero-order valence-corrected chi connectivity index (χ0v) is 11.5. The Bertz CT molecular complexity index is 546. The van der Waals surface area contributed by atoms with Crippen molar-refractivity contribution >= 4 is 17.3 Å². The van der Waals surface area contributed by atoms with Crippen molar-refractivity contribution in [2.75, 3.05) is 31.6 Å². The number of carbonyl (C=O) groups is 1. The number of ether oxygens (including phenoxy) is 1. The van der Waals surface area contributed by atoms with E-state index < -0.39 is 16.8 Å². The van der Waals surface area contributed by atoms with Gasteiger partial charge in [-0.1, -0.05) is 0 Å². The molecule has 0 saturated carbocycles. The van der Waals surface area contributed by atoms with Crippen molar-refractivity contribution in [1.29, 1.82) is 0 Å². The monoisotopic (exact) mass is 297 g/mol. The molecule has 0 aromatic heterocycles. The fraction of sp³-hybridized carbons (Fsp3) is 0.462. The standard InChI is InChI=1S/C13H16FN3O4/c1-9(13(18)16-2-4-21-5-3-16)15-11-6-10(14)7-12(8-11)17(19)20/h6-9,15H,2-5H2,1H3. The van der Waals surface area contributed by atoms with Crippen molar-refractivity contribution in [1.82, 2.24) is 4.90 Å². The lowest BCUT2D eigenvalue weighted by Crippen LogP contribution is -2.47. The largest absolute Gasteiger partial charge is 0.378 e. The van der Waals surface area contributed by atoms with Crippen LogP contribution in [0.2, 0.25) is 0 Å². The minimum atomic E-state index is -0.724. The Morgan fingerprint density at radius 3 is 2.71 bits per heavy atom. The summed E-state index contributed by atoms with van der Waals surface area (Å²) in [5, 5.41) is 13.5. The molecule has 7 nitrogen and oxygen atoms in total. The van der Waals surface area contributed by atoms with Gasteiger partial charge in [-0.3, -0.25) is 14.9 Å². The first-order chi connectivity index (χ1) is 9.97. The van der Waals surface area contributed by atoms with Crippen LogP contribution in [0.15, 0.2) is 18.2 Å². The summed E-state index contributed by atoms with van der Waals surface area (Å²) in [7, 11) is 0. The predicted octanol–water partition coefficient (Wildman–Crippen LogP) is 1.39. The van der Waals surface area contributed by atoms with Gasteiger partial charge in [-0.2, -0.15) is 0 Å². The van der Waals surface area contributed by atoms with Crippen LogP contribution in [0.5, 0.6) is 0 Å². The predicted molar refractivity (Wildman–Crippen MR) is 73.5 cm³/mol. The minimum Gasteiger partial charge on any atom is -0.378 e. The summed E-state index contributed by atoms with van der Waals surface area (Å²) in [6.45, 7) is 3.63. The zero-order chi connectivity index (χ0) is 15.4. The number of rotatable bonds is 4. The first kappa shape index (κ1) is 15.2. The van der Waals surface area contributed by atoms with Crippen molar-refractivity contribution in [2.24, 2.45) is 0 Å². The van der Waals surface area contributed by atoms with Crippen LogP contribution in [-0.4, -0.2) is 48.1 Å². The van der Waals surface area contributed by atoms with E-state index in [9.17, 15) is 19.3 Å². The number of nitrogens with one attached hydrogen (secondary N) is 1. The molecule has 1 saturated heterocycles. The van der Waals surface area contributed by atoms with Crippen molar-refractivity contribution < 1.29 is 18.8 Å². The number of nitrogens with zero attached hydrogens (tertiary/aromatic N) is 2. The SMILES string of the molecule is CC(Nc1cc(F)cc([N+](=O)[O-])c1)C(=O)N1CCOCC1. The van der Waals surface area contributed by atoms with Crippen LogP contribution in [0.4, 0.5) is 15.8 Å². The molecule has 2 rings (SSSR count). The Balaban J connectivity index is 2.06. The van der Waals surface area contributed by atoms with Crippen LogP contribution in [0, 0.1) is 15.9 Å². The Morgan fingerprint density at radius 1 is 1.43 bits per heavy atom. The van der Waals surface area contributed by atoms with E-state index in [0.717, 1.165) is 12.1 Å². The van der Waals surface area contributed by atoms with Gasteiger partial charge in [0.25, 0.3) is 5.69 Å². The van der Waals surface area contributed by atoms with Gasteiger partial charge >= 0.3 is 0 Å². The fourth-order valence-electron chi connectivity index (χ4n) is 2.13. The Morgan fingerprint density at radius 2 is 2.10 bits per heavy atom. The van der Waals surface area contributed by atoms with E-state index in [1.54, 1.807) is 11.8 Å².